The zero-order valence-electron chi connectivity index (χ0n) is 13.0. The third kappa shape index (κ3) is 3.31. The van der Waals surface area contributed by atoms with Crippen LogP contribution in [0.3, 0.4) is 0 Å². The van der Waals surface area contributed by atoms with Crippen molar-refractivity contribution in [1.82, 2.24) is 5.32 Å². The molecule has 1 N–H and O–H groups in total. The Hall–Kier alpha value is -0.693. The van der Waals surface area contributed by atoms with Crippen LogP contribution in [0.2, 0.25) is 6.04 Å². The van der Waals surface area contributed by atoms with Gasteiger partial charge in [-0.05, 0) is 31.9 Å². The standard InChI is InChI=1S/C14H27NO4Si/c1-6-13(16)15-12(2)11-14(17-3)9-7-8-10-20(14,18-4)19-5/h6,12H,1,7-11H2,2-5H3,(H,15,16). The molecule has 0 aromatic rings. The number of nitrogens with one attached hydrogen (secondary N) is 1. The molecule has 5 nitrogen and oxygen atoms in total. The molecule has 20 heavy (non-hydrogen) atoms. The van der Waals surface area contributed by atoms with Crippen molar-refractivity contribution in [3.63, 3.8) is 0 Å². The molecule has 6 heteroatoms. The fraction of sp³-hybridized carbons (Fsp3) is 0.786. The lowest BCUT2D eigenvalue weighted by Crippen LogP contribution is -2.66. The Balaban J connectivity index is 2.92. The van der Waals surface area contributed by atoms with Gasteiger partial charge >= 0.3 is 8.56 Å². The van der Waals surface area contributed by atoms with Crippen molar-refractivity contribution in [3.05, 3.63) is 12.7 Å². The van der Waals surface area contributed by atoms with E-state index < -0.39 is 13.8 Å². The topological polar surface area (TPSA) is 56.8 Å². The average Bonchev–Trinajstić information content (AvgIpc) is 2.47. The molecule has 2 unspecified atom stereocenters. The lowest BCUT2D eigenvalue weighted by Gasteiger charge is -2.48. The first kappa shape index (κ1) is 17.4. The Kier molecular flexibility index (Phi) is 6.38. The van der Waals surface area contributed by atoms with Gasteiger partial charge in [-0.15, -0.1) is 0 Å². The maximum Gasteiger partial charge on any atom is 0.370 e. The Morgan fingerprint density at radius 1 is 1.40 bits per heavy atom. The lowest BCUT2D eigenvalue weighted by molar-refractivity contribution is -0.117. The average molecular weight is 301 g/mol. The molecule has 1 rings (SSSR count). The quantitative estimate of drug-likeness (QED) is 0.576. The molecule has 0 saturated carbocycles. The molecule has 1 amide bonds. The number of ether oxygens (including phenoxy) is 1. The SMILES string of the molecule is C=CC(=O)NC(C)CC1(OC)CCCC[Si]1(OC)OC. The van der Waals surface area contributed by atoms with E-state index in [1.165, 1.54) is 6.08 Å². The molecule has 1 aliphatic rings. The lowest BCUT2D eigenvalue weighted by atomic mass is 10.0. The number of hydrogen-bond donors (Lipinski definition) is 1. The van der Waals surface area contributed by atoms with E-state index in [9.17, 15) is 4.79 Å². The van der Waals surface area contributed by atoms with E-state index in [1.807, 2.05) is 6.92 Å². The van der Waals surface area contributed by atoms with Gasteiger partial charge in [0.1, 0.15) is 5.22 Å². The van der Waals surface area contributed by atoms with Gasteiger partial charge in [-0.3, -0.25) is 4.79 Å². The third-order valence-electron chi connectivity index (χ3n) is 4.29. The number of carbonyl (C=O) groups excluding carboxylic acids is 1. The van der Waals surface area contributed by atoms with Crippen molar-refractivity contribution < 1.29 is 18.4 Å². The summed E-state index contributed by atoms with van der Waals surface area (Å²) >= 11 is 0. The first-order valence-corrected chi connectivity index (χ1v) is 9.10. The maximum absolute atomic E-state index is 11.4. The van der Waals surface area contributed by atoms with E-state index in [4.69, 9.17) is 13.6 Å². The van der Waals surface area contributed by atoms with Crippen LogP contribution in [0.4, 0.5) is 0 Å². The highest BCUT2D eigenvalue weighted by molar-refractivity contribution is 6.70. The van der Waals surface area contributed by atoms with E-state index in [0.717, 1.165) is 25.3 Å². The summed E-state index contributed by atoms with van der Waals surface area (Å²) in [4.78, 5) is 11.4. The van der Waals surface area contributed by atoms with Gasteiger partial charge in [0.2, 0.25) is 5.91 Å². The van der Waals surface area contributed by atoms with Crippen molar-refractivity contribution in [1.29, 1.82) is 0 Å². The van der Waals surface area contributed by atoms with Gasteiger partial charge in [-0.1, -0.05) is 19.4 Å². The summed E-state index contributed by atoms with van der Waals surface area (Å²) in [6, 6.07) is 0.909. The Bertz CT molecular complexity index is 346. The van der Waals surface area contributed by atoms with Crippen LogP contribution in [0.15, 0.2) is 12.7 Å². The summed E-state index contributed by atoms with van der Waals surface area (Å²) in [6.45, 7) is 5.45. The summed E-state index contributed by atoms with van der Waals surface area (Å²) in [5, 5.41) is 2.48. The van der Waals surface area contributed by atoms with E-state index >= 15 is 0 Å². The highest BCUT2D eigenvalue weighted by atomic mass is 28.4. The fourth-order valence-corrected chi connectivity index (χ4v) is 7.27. The van der Waals surface area contributed by atoms with Crippen LogP contribution in [0, 0.1) is 0 Å². The van der Waals surface area contributed by atoms with Gasteiger partial charge in [0, 0.05) is 27.4 Å². The van der Waals surface area contributed by atoms with E-state index in [1.54, 1.807) is 21.3 Å². The summed E-state index contributed by atoms with van der Waals surface area (Å²) in [7, 11) is 2.70. The maximum atomic E-state index is 11.4. The molecule has 0 aromatic carbocycles. The summed E-state index contributed by atoms with van der Waals surface area (Å²) in [6.07, 6.45) is 5.08. The second-order valence-corrected chi connectivity index (χ2v) is 9.12. The van der Waals surface area contributed by atoms with Crippen LogP contribution < -0.4 is 5.32 Å². The van der Waals surface area contributed by atoms with Gasteiger partial charge < -0.3 is 18.9 Å². The minimum atomic E-state index is -2.43. The summed E-state index contributed by atoms with van der Waals surface area (Å²) < 4.78 is 17.5. The first-order chi connectivity index (χ1) is 9.49. The monoisotopic (exact) mass is 301 g/mol. The molecular formula is C14H27NO4Si. The molecule has 0 aliphatic carbocycles. The van der Waals surface area contributed by atoms with Crippen molar-refractivity contribution >= 4 is 14.5 Å². The molecular weight excluding hydrogens is 274 g/mol. The predicted molar refractivity (Wildman–Crippen MR) is 80.6 cm³/mol. The van der Waals surface area contributed by atoms with Crippen LogP contribution in [-0.2, 0) is 18.4 Å². The van der Waals surface area contributed by atoms with Gasteiger partial charge in [0.15, 0.2) is 0 Å². The number of methoxy groups -OCH3 is 1. The number of amides is 1. The van der Waals surface area contributed by atoms with Crippen molar-refractivity contribution in [2.45, 2.75) is 49.9 Å². The Labute approximate surface area is 122 Å². The molecule has 1 fully saturated rings. The molecule has 1 heterocycles. The van der Waals surface area contributed by atoms with Crippen LogP contribution in [0.1, 0.15) is 32.6 Å². The third-order valence-corrected chi connectivity index (χ3v) is 8.67. The highest BCUT2D eigenvalue weighted by Crippen LogP contribution is 2.42. The fourth-order valence-electron chi connectivity index (χ4n) is 3.29. The van der Waals surface area contributed by atoms with E-state index in [-0.39, 0.29) is 11.9 Å². The zero-order valence-corrected chi connectivity index (χ0v) is 14.0. The first-order valence-electron chi connectivity index (χ1n) is 7.07. The smallest absolute Gasteiger partial charge is 0.370 e. The van der Waals surface area contributed by atoms with Crippen LogP contribution in [0.25, 0.3) is 0 Å². The predicted octanol–water partition coefficient (Wildman–Crippen LogP) is 1.91. The van der Waals surface area contributed by atoms with Gasteiger partial charge in [0.25, 0.3) is 0 Å². The second-order valence-electron chi connectivity index (χ2n) is 5.38. The minimum absolute atomic E-state index is 0.0178. The van der Waals surface area contributed by atoms with E-state index in [2.05, 4.69) is 11.9 Å². The molecule has 1 aliphatic heterocycles. The van der Waals surface area contributed by atoms with Crippen LogP contribution in [-0.4, -0.2) is 47.1 Å². The molecule has 0 aromatic heterocycles. The molecule has 2 atom stereocenters. The van der Waals surface area contributed by atoms with Crippen molar-refractivity contribution in [2.75, 3.05) is 21.3 Å². The Morgan fingerprint density at radius 2 is 2.05 bits per heavy atom. The Morgan fingerprint density at radius 3 is 2.55 bits per heavy atom. The molecule has 0 bridgehead atoms. The summed E-state index contributed by atoms with van der Waals surface area (Å²) in [5.74, 6) is -0.165. The minimum Gasteiger partial charge on any atom is -0.396 e. The molecule has 0 spiro atoms. The van der Waals surface area contributed by atoms with Crippen LogP contribution in [0.5, 0.6) is 0 Å². The second kappa shape index (κ2) is 7.35. The van der Waals surface area contributed by atoms with Gasteiger partial charge in [-0.2, -0.15) is 0 Å². The van der Waals surface area contributed by atoms with Crippen LogP contribution >= 0.6 is 0 Å². The normalized spacial score (nSPS) is 26.8. The largest absolute Gasteiger partial charge is 0.396 e. The van der Waals surface area contributed by atoms with Crippen molar-refractivity contribution in [2.24, 2.45) is 0 Å². The summed E-state index contributed by atoms with van der Waals surface area (Å²) in [5.41, 5.74) is 0. The zero-order chi connectivity index (χ0) is 15.2. The molecule has 1 saturated heterocycles. The van der Waals surface area contributed by atoms with Gasteiger partial charge in [0.05, 0.1) is 0 Å². The highest BCUT2D eigenvalue weighted by Gasteiger charge is 2.59. The number of hydrogen-bond acceptors (Lipinski definition) is 4. The van der Waals surface area contributed by atoms with E-state index in [0.29, 0.717) is 6.42 Å². The molecule has 0 radical (unpaired) electrons. The number of rotatable bonds is 7. The molecule has 116 valence electrons. The number of carbonyl (C=O) groups is 1. The van der Waals surface area contributed by atoms with Crippen molar-refractivity contribution in [3.8, 4) is 0 Å². The van der Waals surface area contributed by atoms with Gasteiger partial charge in [-0.25, -0.2) is 0 Å².